The molecular formula is C25H29IN4O7. The number of hydrogen-bond donors (Lipinski definition) is 2. The van der Waals surface area contributed by atoms with Gasteiger partial charge in [-0.15, -0.1) is 0 Å². The highest BCUT2D eigenvalue weighted by molar-refractivity contribution is 14.1. The monoisotopic (exact) mass is 624 g/mol. The summed E-state index contributed by atoms with van der Waals surface area (Å²) in [6.45, 7) is 4.40. The van der Waals surface area contributed by atoms with Gasteiger partial charge in [-0.2, -0.15) is 5.10 Å². The Kier molecular flexibility index (Phi) is 11.0. The molecule has 1 fully saturated rings. The van der Waals surface area contributed by atoms with Gasteiger partial charge >= 0.3 is 11.8 Å². The van der Waals surface area contributed by atoms with Crippen LogP contribution in [0, 0.1) is 3.57 Å². The van der Waals surface area contributed by atoms with Crippen molar-refractivity contribution in [3.8, 4) is 17.2 Å². The van der Waals surface area contributed by atoms with E-state index < -0.39 is 11.8 Å². The normalized spacial score (nSPS) is 13.2. The molecule has 0 radical (unpaired) electrons. The third-order valence-electron chi connectivity index (χ3n) is 5.23. The van der Waals surface area contributed by atoms with Gasteiger partial charge in [-0.05, 0) is 64.9 Å². The first-order valence-electron chi connectivity index (χ1n) is 11.6. The zero-order valence-electron chi connectivity index (χ0n) is 20.6. The molecule has 12 heteroatoms. The van der Waals surface area contributed by atoms with E-state index in [4.69, 9.17) is 18.9 Å². The maximum atomic E-state index is 12.4. The minimum absolute atomic E-state index is 0.120. The Bertz CT molecular complexity index is 1120. The first-order chi connectivity index (χ1) is 17.9. The van der Waals surface area contributed by atoms with Gasteiger partial charge in [0.1, 0.15) is 5.75 Å². The Hall–Kier alpha value is -3.39. The third-order valence-corrected chi connectivity index (χ3v) is 6.03. The van der Waals surface area contributed by atoms with Crippen LogP contribution in [0.5, 0.6) is 17.2 Å². The van der Waals surface area contributed by atoms with Gasteiger partial charge in [0, 0.05) is 19.6 Å². The van der Waals surface area contributed by atoms with E-state index in [-0.39, 0.29) is 19.1 Å². The molecule has 11 nitrogen and oxygen atoms in total. The number of nitrogens with zero attached hydrogens (tertiary/aromatic N) is 2. The zero-order valence-corrected chi connectivity index (χ0v) is 22.8. The number of amides is 3. The summed E-state index contributed by atoms with van der Waals surface area (Å²) in [6, 6.07) is 10.6. The number of morpholine rings is 1. The fourth-order valence-electron chi connectivity index (χ4n) is 3.33. The van der Waals surface area contributed by atoms with Gasteiger partial charge in [0.05, 0.1) is 36.7 Å². The number of carbonyl (C=O) groups excluding carboxylic acids is 3. The number of rotatable bonds is 10. The highest BCUT2D eigenvalue weighted by Crippen LogP contribution is 2.34. The molecule has 3 rings (SSSR count). The Morgan fingerprint density at radius 2 is 1.84 bits per heavy atom. The highest BCUT2D eigenvalue weighted by Gasteiger charge is 2.19. The van der Waals surface area contributed by atoms with Gasteiger partial charge in [-0.1, -0.05) is 12.1 Å². The van der Waals surface area contributed by atoms with Crippen molar-refractivity contribution in [2.75, 3.05) is 46.6 Å². The summed E-state index contributed by atoms with van der Waals surface area (Å²) < 4.78 is 22.6. The molecule has 0 unspecified atom stereocenters. The van der Waals surface area contributed by atoms with Crippen LogP contribution < -0.4 is 25.0 Å². The van der Waals surface area contributed by atoms with Crippen molar-refractivity contribution in [2.45, 2.75) is 13.5 Å². The summed E-state index contributed by atoms with van der Waals surface area (Å²) in [4.78, 5) is 38.3. The lowest BCUT2D eigenvalue weighted by molar-refractivity contribution is -0.139. The molecule has 0 aromatic heterocycles. The van der Waals surface area contributed by atoms with Crippen LogP contribution in [0.2, 0.25) is 0 Å². The molecule has 2 aromatic carbocycles. The molecule has 2 aromatic rings. The number of benzene rings is 2. The fraction of sp³-hybridized carbons (Fsp3) is 0.360. The van der Waals surface area contributed by atoms with Crippen molar-refractivity contribution in [3.05, 3.63) is 51.1 Å². The van der Waals surface area contributed by atoms with Crippen LogP contribution in [-0.2, 0) is 25.7 Å². The lowest BCUT2D eigenvalue weighted by Crippen LogP contribution is -2.43. The minimum atomic E-state index is -0.897. The molecule has 1 heterocycles. The molecule has 0 aliphatic carbocycles. The van der Waals surface area contributed by atoms with Crippen molar-refractivity contribution in [2.24, 2.45) is 5.10 Å². The minimum Gasteiger partial charge on any atom is -0.497 e. The second-order valence-corrected chi connectivity index (χ2v) is 8.94. The molecule has 0 saturated carbocycles. The number of hydrogen-bond acceptors (Lipinski definition) is 8. The largest absolute Gasteiger partial charge is 0.497 e. The lowest BCUT2D eigenvalue weighted by Gasteiger charge is -2.27. The van der Waals surface area contributed by atoms with E-state index in [9.17, 15) is 14.4 Å². The van der Waals surface area contributed by atoms with Crippen LogP contribution in [0.25, 0.3) is 0 Å². The molecule has 1 aliphatic rings. The smallest absolute Gasteiger partial charge is 0.329 e. The zero-order chi connectivity index (χ0) is 26.6. The lowest BCUT2D eigenvalue weighted by atomic mass is 10.2. The summed E-state index contributed by atoms with van der Waals surface area (Å²) in [5.41, 5.74) is 3.64. The molecule has 0 bridgehead atoms. The Morgan fingerprint density at radius 3 is 2.51 bits per heavy atom. The summed E-state index contributed by atoms with van der Waals surface area (Å²) in [6.07, 6.45) is 1.39. The first kappa shape index (κ1) is 28.2. The predicted molar refractivity (Wildman–Crippen MR) is 144 cm³/mol. The van der Waals surface area contributed by atoms with Gasteiger partial charge in [0.2, 0.25) is 0 Å². The molecular weight excluding hydrogens is 595 g/mol. The second-order valence-electron chi connectivity index (χ2n) is 7.77. The van der Waals surface area contributed by atoms with Crippen LogP contribution in [-0.4, -0.2) is 75.5 Å². The Labute approximate surface area is 228 Å². The molecule has 0 atom stereocenters. The second kappa shape index (κ2) is 14.4. The molecule has 37 heavy (non-hydrogen) atoms. The molecule has 1 aliphatic heterocycles. The Morgan fingerprint density at radius 1 is 1.11 bits per heavy atom. The van der Waals surface area contributed by atoms with E-state index >= 15 is 0 Å². The van der Waals surface area contributed by atoms with Crippen LogP contribution in [0.15, 0.2) is 41.5 Å². The molecule has 2 N–H and O–H groups in total. The third kappa shape index (κ3) is 8.60. The van der Waals surface area contributed by atoms with Crippen molar-refractivity contribution >= 4 is 46.5 Å². The molecule has 0 spiro atoms. The van der Waals surface area contributed by atoms with Gasteiger partial charge in [-0.3, -0.25) is 14.4 Å². The van der Waals surface area contributed by atoms with E-state index in [1.165, 1.54) is 6.21 Å². The van der Waals surface area contributed by atoms with Gasteiger partial charge in [-0.25, -0.2) is 5.43 Å². The van der Waals surface area contributed by atoms with Gasteiger partial charge < -0.3 is 29.2 Å². The average Bonchev–Trinajstić information content (AvgIpc) is 2.92. The fourth-order valence-corrected chi connectivity index (χ4v) is 4.11. The standard InChI is InChI=1S/C25H29IN4O7/c1-3-36-21-13-18(12-20(26)23(21)37-16-22(31)30-8-10-35-11-9-30)15-28-29-25(33)24(32)27-14-17-4-6-19(34-2)7-5-17/h4-7,12-13,15H,3,8-11,14,16H2,1-2H3,(H,27,32)(H,29,33)/b28-15-. The van der Waals surface area contributed by atoms with Crippen molar-refractivity contribution in [1.82, 2.24) is 15.6 Å². The number of halogens is 1. The van der Waals surface area contributed by atoms with E-state index in [1.807, 2.05) is 6.92 Å². The average molecular weight is 624 g/mol. The highest BCUT2D eigenvalue weighted by atomic mass is 127. The number of hydrazone groups is 1. The topological polar surface area (TPSA) is 128 Å². The number of ether oxygens (including phenoxy) is 4. The number of nitrogens with one attached hydrogen (secondary N) is 2. The predicted octanol–water partition coefficient (Wildman–Crippen LogP) is 1.70. The Balaban J connectivity index is 1.55. The summed E-state index contributed by atoms with van der Waals surface area (Å²) >= 11 is 2.08. The van der Waals surface area contributed by atoms with Crippen molar-refractivity contribution in [3.63, 3.8) is 0 Å². The van der Waals surface area contributed by atoms with E-state index in [0.717, 1.165) is 5.56 Å². The van der Waals surface area contributed by atoms with Crippen molar-refractivity contribution < 1.29 is 33.3 Å². The maximum absolute atomic E-state index is 12.4. The van der Waals surface area contributed by atoms with Crippen LogP contribution in [0.1, 0.15) is 18.1 Å². The van der Waals surface area contributed by atoms with Crippen molar-refractivity contribution in [1.29, 1.82) is 0 Å². The molecule has 1 saturated heterocycles. The number of carbonyl (C=O) groups is 3. The molecule has 3 amide bonds. The first-order valence-corrected chi connectivity index (χ1v) is 12.7. The summed E-state index contributed by atoms with van der Waals surface area (Å²) in [5, 5.41) is 6.41. The van der Waals surface area contributed by atoms with Gasteiger partial charge in [0.25, 0.3) is 5.91 Å². The van der Waals surface area contributed by atoms with Crippen LogP contribution >= 0.6 is 22.6 Å². The SMILES string of the molecule is CCOc1cc(/C=N\NC(=O)C(=O)NCc2ccc(OC)cc2)cc(I)c1OCC(=O)N1CCOCC1. The number of methoxy groups -OCH3 is 1. The van der Waals surface area contributed by atoms with Crippen LogP contribution in [0.4, 0.5) is 0 Å². The quantitative estimate of drug-likeness (QED) is 0.178. The van der Waals surface area contributed by atoms with E-state index in [0.29, 0.717) is 59.3 Å². The van der Waals surface area contributed by atoms with E-state index in [1.54, 1.807) is 48.4 Å². The maximum Gasteiger partial charge on any atom is 0.329 e. The van der Waals surface area contributed by atoms with Gasteiger partial charge in [0.15, 0.2) is 18.1 Å². The molecule has 198 valence electrons. The summed E-state index contributed by atoms with van der Waals surface area (Å²) in [5.74, 6) is -0.250. The summed E-state index contributed by atoms with van der Waals surface area (Å²) in [7, 11) is 1.57. The van der Waals surface area contributed by atoms with Crippen LogP contribution in [0.3, 0.4) is 0 Å². The van der Waals surface area contributed by atoms with E-state index in [2.05, 4.69) is 38.4 Å².